The van der Waals surface area contributed by atoms with E-state index in [1.165, 1.54) is 28.3 Å². The van der Waals surface area contributed by atoms with Crippen LogP contribution in [0.4, 0.5) is 9.59 Å². The van der Waals surface area contributed by atoms with Crippen molar-refractivity contribution in [2.24, 2.45) is 0 Å². The van der Waals surface area contributed by atoms with Crippen molar-refractivity contribution < 1.29 is 19.1 Å². The maximum absolute atomic E-state index is 12.1. The fraction of sp³-hybridized carbons (Fsp3) is 0.360. The van der Waals surface area contributed by atoms with Crippen LogP contribution in [0.3, 0.4) is 0 Å². The molecule has 31 heavy (non-hydrogen) atoms. The number of carbonyl (C=O) groups excluding carboxylic acids is 2. The standard InChI is InChI=1S/C25H30N2O4/c1-2-17-30-24(28)26-15-9-3-4-10-16-27-25(29)31-18-23-21-13-7-5-11-19(21)20-12-6-8-14-22(20)23/h2,5-8,11-14,23H,1,3-4,9-10,15-18H2,(H,26,28)(H,27,29). The van der Waals surface area contributed by atoms with Gasteiger partial charge in [-0.15, -0.1) is 0 Å². The molecule has 0 aromatic heterocycles. The highest BCUT2D eigenvalue weighted by Crippen LogP contribution is 2.44. The zero-order valence-electron chi connectivity index (χ0n) is 17.8. The van der Waals surface area contributed by atoms with Gasteiger partial charge in [0.1, 0.15) is 13.2 Å². The Labute approximate surface area is 183 Å². The van der Waals surface area contributed by atoms with Gasteiger partial charge in [-0.3, -0.25) is 0 Å². The molecule has 0 heterocycles. The van der Waals surface area contributed by atoms with E-state index in [9.17, 15) is 9.59 Å². The molecule has 3 rings (SSSR count). The molecule has 1 aliphatic rings. The first-order valence-corrected chi connectivity index (χ1v) is 10.8. The molecule has 1 aliphatic carbocycles. The monoisotopic (exact) mass is 422 g/mol. The SMILES string of the molecule is C=CCOC(=O)NCCCCCCNC(=O)OCC1c2ccccc2-c2ccccc21. The molecular formula is C25H30N2O4. The number of unbranched alkanes of at least 4 members (excludes halogenated alkanes) is 3. The van der Waals surface area contributed by atoms with E-state index in [4.69, 9.17) is 9.47 Å². The Hall–Kier alpha value is -3.28. The second-order valence-electron chi connectivity index (χ2n) is 7.48. The van der Waals surface area contributed by atoms with Crippen molar-refractivity contribution in [1.82, 2.24) is 10.6 Å². The van der Waals surface area contributed by atoms with Crippen molar-refractivity contribution in [2.75, 3.05) is 26.3 Å². The van der Waals surface area contributed by atoms with Crippen LogP contribution in [-0.4, -0.2) is 38.5 Å². The summed E-state index contributed by atoms with van der Waals surface area (Å²) in [6, 6.07) is 16.6. The normalized spacial score (nSPS) is 11.9. The molecule has 6 nitrogen and oxygen atoms in total. The molecule has 0 radical (unpaired) electrons. The van der Waals surface area contributed by atoms with Crippen LogP contribution in [-0.2, 0) is 9.47 Å². The van der Waals surface area contributed by atoms with Crippen LogP contribution in [0.15, 0.2) is 61.2 Å². The van der Waals surface area contributed by atoms with Crippen LogP contribution in [0.2, 0.25) is 0 Å². The van der Waals surface area contributed by atoms with Crippen LogP contribution in [0, 0.1) is 0 Å². The van der Waals surface area contributed by atoms with Crippen LogP contribution in [0.25, 0.3) is 11.1 Å². The Bertz CT molecular complexity index is 851. The molecule has 0 bridgehead atoms. The maximum atomic E-state index is 12.1. The summed E-state index contributed by atoms with van der Waals surface area (Å²) < 4.78 is 10.4. The topological polar surface area (TPSA) is 76.7 Å². The minimum absolute atomic E-state index is 0.0730. The Kier molecular flexibility index (Phi) is 8.52. The van der Waals surface area contributed by atoms with Gasteiger partial charge in [-0.05, 0) is 35.1 Å². The molecule has 6 heteroatoms. The molecule has 0 spiro atoms. The number of rotatable bonds is 11. The summed E-state index contributed by atoms with van der Waals surface area (Å²) >= 11 is 0. The highest BCUT2D eigenvalue weighted by Gasteiger charge is 2.28. The molecule has 0 atom stereocenters. The van der Waals surface area contributed by atoms with Crippen molar-refractivity contribution in [1.29, 1.82) is 0 Å². The lowest BCUT2D eigenvalue weighted by atomic mass is 9.98. The molecule has 2 amide bonds. The lowest BCUT2D eigenvalue weighted by Gasteiger charge is -2.14. The second kappa shape index (κ2) is 11.8. The van der Waals surface area contributed by atoms with Crippen molar-refractivity contribution in [3.8, 4) is 11.1 Å². The molecular weight excluding hydrogens is 392 g/mol. The van der Waals surface area contributed by atoms with E-state index >= 15 is 0 Å². The third-order valence-corrected chi connectivity index (χ3v) is 5.32. The number of nitrogens with one attached hydrogen (secondary N) is 2. The Morgan fingerprint density at radius 1 is 0.806 bits per heavy atom. The number of fused-ring (bicyclic) bond motifs is 3. The van der Waals surface area contributed by atoms with Crippen LogP contribution < -0.4 is 10.6 Å². The number of hydrogen-bond donors (Lipinski definition) is 2. The molecule has 0 unspecified atom stereocenters. The van der Waals surface area contributed by atoms with Gasteiger partial charge in [0.25, 0.3) is 0 Å². The molecule has 0 fully saturated rings. The Morgan fingerprint density at radius 2 is 1.32 bits per heavy atom. The Balaban J connectivity index is 1.30. The number of carbonyl (C=O) groups is 2. The summed E-state index contributed by atoms with van der Waals surface area (Å²) in [5, 5.41) is 5.51. The van der Waals surface area contributed by atoms with E-state index in [1.54, 1.807) is 0 Å². The lowest BCUT2D eigenvalue weighted by molar-refractivity contribution is 0.142. The van der Waals surface area contributed by atoms with E-state index in [2.05, 4.69) is 41.5 Å². The minimum Gasteiger partial charge on any atom is -0.449 e. The molecule has 2 N–H and O–H groups in total. The first-order valence-electron chi connectivity index (χ1n) is 10.8. The molecule has 0 saturated heterocycles. The third-order valence-electron chi connectivity index (χ3n) is 5.32. The summed E-state index contributed by atoms with van der Waals surface area (Å²) in [6.07, 6.45) is 4.40. The highest BCUT2D eigenvalue weighted by molar-refractivity contribution is 5.79. The van der Waals surface area contributed by atoms with E-state index in [0.29, 0.717) is 19.7 Å². The highest BCUT2D eigenvalue weighted by atomic mass is 16.6. The second-order valence-corrected chi connectivity index (χ2v) is 7.48. The minimum atomic E-state index is -0.420. The lowest BCUT2D eigenvalue weighted by Crippen LogP contribution is -2.27. The van der Waals surface area contributed by atoms with E-state index in [-0.39, 0.29) is 18.6 Å². The fourth-order valence-electron chi connectivity index (χ4n) is 3.82. The summed E-state index contributed by atoms with van der Waals surface area (Å²) in [5.74, 6) is 0.0730. The predicted octanol–water partition coefficient (Wildman–Crippen LogP) is 5.00. The van der Waals surface area contributed by atoms with Gasteiger partial charge in [0.2, 0.25) is 0 Å². The number of ether oxygens (including phenoxy) is 2. The first kappa shape index (κ1) is 22.4. The van der Waals surface area contributed by atoms with Crippen LogP contribution >= 0.6 is 0 Å². The van der Waals surface area contributed by atoms with Gasteiger partial charge in [0.15, 0.2) is 0 Å². The summed E-state index contributed by atoms with van der Waals surface area (Å²) in [5.41, 5.74) is 4.85. The van der Waals surface area contributed by atoms with E-state index < -0.39 is 6.09 Å². The van der Waals surface area contributed by atoms with Crippen LogP contribution in [0.1, 0.15) is 42.7 Å². The predicted molar refractivity (Wildman–Crippen MR) is 121 cm³/mol. The van der Waals surface area contributed by atoms with Gasteiger partial charge >= 0.3 is 12.2 Å². The van der Waals surface area contributed by atoms with Crippen molar-refractivity contribution >= 4 is 12.2 Å². The fourth-order valence-corrected chi connectivity index (χ4v) is 3.82. The first-order chi connectivity index (χ1) is 15.2. The average molecular weight is 423 g/mol. The smallest absolute Gasteiger partial charge is 0.407 e. The summed E-state index contributed by atoms with van der Waals surface area (Å²) in [7, 11) is 0. The number of hydrogen-bond acceptors (Lipinski definition) is 4. The maximum Gasteiger partial charge on any atom is 0.407 e. The number of amides is 2. The van der Waals surface area contributed by atoms with Crippen molar-refractivity contribution in [3.63, 3.8) is 0 Å². The summed E-state index contributed by atoms with van der Waals surface area (Å²) in [4.78, 5) is 23.4. The van der Waals surface area contributed by atoms with Gasteiger partial charge in [0, 0.05) is 19.0 Å². The average Bonchev–Trinajstić information content (AvgIpc) is 3.11. The van der Waals surface area contributed by atoms with Gasteiger partial charge in [0.05, 0.1) is 0 Å². The zero-order valence-corrected chi connectivity index (χ0v) is 17.8. The van der Waals surface area contributed by atoms with Crippen LogP contribution in [0.5, 0.6) is 0 Å². The van der Waals surface area contributed by atoms with Gasteiger partial charge < -0.3 is 20.1 Å². The molecule has 0 saturated carbocycles. The number of benzene rings is 2. The van der Waals surface area contributed by atoms with Gasteiger partial charge in [-0.2, -0.15) is 0 Å². The molecule has 164 valence electrons. The number of alkyl carbamates (subject to hydrolysis) is 2. The van der Waals surface area contributed by atoms with Crippen molar-refractivity contribution in [2.45, 2.75) is 31.6 Å². The summed E-state index contributed by atoms with van der Waals surface area (Å²) in [6.45, 7) is 5.19. The molecule has 0 aliphatic heterocycles. The third kappa shape index (κ3) is 6.35. The van der Waals surface area contributed by atoms with E-state index in [1.807, 2.05) is 24.3 Å². The van der Waals surface area contributed by atoms with Gasteiger partial charge in [-0.1, -0.05) is 74.0 Å². The molecule has 2 aromatic carbocycles. The quantitative estimate of drug-likeness (QED) is 0.395. The largest absolute Gasteiger partial charge is 0.449 e. The Morgan fingerprint density at radius 3 is 1.87 bits per heavy atom. The van der Waals surface area contributed by atoms with E-state index in [0.717, 1.165) is 25.7 Å². The van der Waals surface area contributed by atoms with Crippen molar-refractivity contribution in [3.05, 3.63) is 72.3 Å². The zero-order chi connectivity index (χ0) is 21.9. The molecule has 2 aromatic rings. The van der Waals surface area contributed by atoms with Gasteiger partial charge in [-0.25, -0.2) is 9.59 Å².